The van der Waals surface area contributed by atoms with E-state index in [1.54, 1.807) is 13.4 Å². The molecule has 1 atom stereocenters. The highest BCUT2D eigenvalue weighted by Gasteiger charge is 2.16. The first-order valence-corrected chi connectivity index (χ1v) is 9.32. The number of para-hydroxylation sites is 1. The van der Waals surface area contributed by atoms with Gasteiger partial charge in [-0.2, -0.15) is 0 Å². The van der Waals surface area contributed by atoms with Crippen molar-refractivity contribution in [1.82, 2.24) is 15.3 Å². The van der Waals surface area contributed by atoms with Crippen molar-refractivity contribution in [1.29, 1.82) is 0 Å². The normalized spacial score (nSPS) is 11.9. The highest BCUT2D eigenvalue weighted by molar-refractivity contribution is 8.00. The second-order valence-corrected chi connectivity index (χ2v) is 7.17. The van der Waals surface area contributed by atoms with Crippen LogP contribution in [0.2, 0.25) is 0 Å². The largest absolute Gasteiger partial charge is 0.497 e. The van der Waals surface area contributed by atoms with Gasteiger partial charge in [0.1, 0.15) is 17.1 Å². The Morgan fingerprint density at radius 3 is 2.69 bits per heavy atom. The van der Waals surface area contributed by atoms with E-state index < -0.39 is 0 Å². The quantitative estimate of drug-likeness (QED) is 0.512. The van der Waals surface area contributed by atoms with Gasteiger partial charge in [0.15, 0.2) is 0 Å². The molecule has 0 bridgehead atoms. The number of hydrogen-bond acceptors (Lipinski definition) is 5. The fraction of sp³-hybridized carbons (Fsp3) is 0.250. The van der Waals surface area contributed by atoms with Crippen LogP contribution in [0.5, 0.6) is 5.75 Å². The third-order valence-corrected chi connectivity index (χ3v) is 5.15. The molecule has 3 aromatic rings. The Kier molecular flexibility index (Phi) is 6.07. The highest BCUT2D eigenvalue weighted by atomic mass is 32.2. The summed E-state index contributed by atoms with van der Waals surface area (Å²) in [6.07, 6.45) is 2.32. The lowest BCUT2D eigenvalue weighted by Crippen LogP contribution is -2.32. The van der Waals surface area contributed by atoms with Crippen LogP contribution in [0.3, 0.4) is 0 Å². The Morgan fingerprint density at radius 2 is 1.92 bits per heavy atom. The van der Waals surface area contributed by atoms with Crippen LogP contribution in [-0.2, 0) is 11.2 Å². The number of fused-ring (bicyclic) bond motifs is 1. The van der Waals surface area contributed by atoms with Crippen LogP contribution in [0, 0.1) is 0 Å². The SMILES string of the molecule is COc1ccc(CCNC(=O)C(C)Sc2ncnc3ccccc23)cc1. The van der Waals surface area contributed by atoms with E-state index in [0.29, 0.717) is 6.54 Å². The molecule has 0 aliphatic heterocycles. The number of hydrogen-bond donors (Lipinski definition) is 1. The van der Waals surface area contributed by atoms with Crippen LogP contribution in [0.15, 0.2) is 59.9 Å². The van der Waals surface area contributed by atoms with Crippen LogP contribution in [0.25, 0.3) is 10.9 Å². The number of rotatable bonds is 7. The number of benzene rings is 2. The number of aromatic nitrogens is 2. The van der Waals surface area contributed by atoms with Crippen molar-refractivity contribution in [2.45, 2.75) is 23.6 Å². The fourth-order valence-corrected chi connectivity index (χ4v) is 3.49. The average Bonchev–Trinajstić information content (AvgIpc) is 2.68. The fourth-order valence-electron chi connectivity index (χ4n) is 2.56. The third kappa shape index (κ3) is 4.52. The molecule has 134 valence electrons. The van der Waals surface area contributed by atoms with Crippen LogP contribution in [-0.4, -0.2) is 34.8 Å². The van der Waals surface area contributed by atoms with Gasteiger partial charge < -0.3 is 10.1 Å². The average molecular weight is 367 g/mol. The summed E-state index contributed by atoms with van der Waals surface area (Å²) in [7, 11) is 1.65. The van der Waals surface area contributed by atoms with Crippen molar-refractivity contribution in [2.75, 3.05) is 13.7 Å². The summed E-state index contributed by atoms with van der Waals surface area (Å²) in [4.78, 5) is 21.0. The molecule has 5 nitrogen and oxygen atoms in total. The Morgan fingerprint density at radius 1 is 1.15 bits per heavy atom. The van der Waals surface area contributed by atoms with E-state index in [0.717, 1.165) is 33.7 Å². The maximum absolute atomic E-state index is 12.4. The molecule has 0 aliphatic carbocycles. The summed E-state index contributed by atoms with van der Waals surface area (Å²) in [5.74, 6) is 0.839. The lowest BCUT2D eigenvalue weighted by atomic mass is 10.1. The Bertz CT molecular complexity index is 878. The van der Waals surface area contributed by atoms with Gasteiger partial charge in [-0.1, -0.05) is 42.1 Å². The van der Waals surface area contributed by atoms with Gasteiger partial charge in [-0.25, -0.2) is 9.97 Å². The first-order chi connectivity index (χ1) is 12.7. The first kappa shape index (κ1) is 18.2. The van der Waals surface area contributed by atoms with Crippen LogP contribution < -0.4 is 10.1 Å². The van der Waals surface area contributed by atoms with Crippen LogP contribution >= 0.6 is 11.8 Å². The Balaban J connectivity index is 1.54. The molecule has 26 heavy (non-hydrogen) atoms. The lowest BCUT2D eigenvalue weighted by Gasteiger charge is -2.12. The molecule has 6 heteroatoms. The monoisotopic (exact) mass is 367 g/mol. The van der Waals surface area contributed by atoms with Crippen LogP contribution in [0.1, 0.15) is 12.5 Å². The summed E-state index contributed by atoms with van der Waals surface area (Å²) < 4.78 is 5.15. The van der Waals surface area contributed by atoms with E-state index in [1.165, 1.54) is 11.8 Å². The predicted molar refractivity (Wildman–Crippen MR) is 105 cm³/mol. The lowest BCUT2D eigenvalue weighted by molar-refractivity contribution is -0.120. The van der Waals surface area contributed by atoms with Gasteiger partial charge in [-0.05, 0) is 37.1 Å². The van der Waals surface area contributed by atoms with E-state index in [4.69, 9.17) is 4.74 Å². The zero-order valence-electron chi connectivity index (χ0n) is 14.8. The van der Waals surface area contributed by atoms with Crippen molar-refractivity contribution in [3.63, 3.8) is 0 Å². The second-order valence-electron chi connectivity index (χ2n) is 5.85. The summed E-state index contributed by atoms with van der Waals surface area (Å²) in [6, 6.07) is 15.7. The molecule has 0 saturated heterocycles. The molecule has 0 radical (unpaired) electrons. The van der Waals surface area contributed by atoms with Crippen molar-refractivity contribution in [2.24, 2.45) is 0 Å². The number of amides is 1. The molecule has 0 saturated carbocycles. The molecular weight excluding hydrogens is 346 g/mol. The second kappa shape index (κ2) is 8.67. The number of nitrogens with zero attached hydrogens (tertiary/aromatic N) is 2. The number of methoxy groups -OCH3 is 1. The maximum Gasteiger partial charge on any atom is 0.233 e. The number of carbonyl (C=O) groups excluding carboxylic acids is 1. The van der Waals surface area contributed by atoms with Crippen LogP contribution in [0.4, 0.5) is 0 Å². The molecule has 3 rings (SSSR count). The minimum Gasteiger partial charge on any atom is -0.497 e. The van der Waals surface area contributed by atoms with Gasteiger partial charge in [0.25, 0.3) is 0 Å². The Hall–Kier alpha value is -2.60. The number of thioether (sulfide) groups is 1. The number of ether oxygens (including phenoxy) is 1. The standard InChI is InChI=1S/C20H21N3O2S/c1-14(26-20-17-5-3-4-6-18(17)22-13-23-20)19(24)21-12-11-15-7-9-16(25-2)10-8-15/h3-10,13-14H,11-12H2,1-2H3,(H,21,24). The van der Waals surface area contributed by atoms with Gasteiger partial charge in [0.2, 0.25) is 5.91 Å². The van der Waals surface area contributed by atoms with Gasteiger partial charge in [0, 0.05) is 11.9 Å². The van der Waals surface area contributed by atoms with Crippen molar-refractivity contribution in [3.05, 3.63) is 60.4 Å². The summed E-state index contributed by atoms with van der Waals surface area (Å²) >= 11 is 1.45. The zero-order valence-corrected chi connectivity index (χ0v) is 15.6. The molecule has 0 spiro atoms. The van der Waals surface area contributed by atoms with Gasteiger partial charge in [-0.15, -0.1) is 0 Å². The minimum absolute atomic E-state index is 0.00575. The van der Waals surface area contributed by atoms with Crippen molar-refractivity contribution >= 4 is 28.6 Å². The highest BCUT2D eigenvalue weighted by Crippen LogP contribution is 2.27. The molecule has 1 N–H and O–H groups in total. The van der Waals surface area contributed by atoms with E-state index in [2.05, 4.69) is 15.3 Å². The smallest absolute Gasteiger partial charge is 0.233 e. The molecular formula is C20H21N3O2S. The summed E-state index contributed by atoms with van der Waals surface area (Å²) in [6.45, 7) is 2.49. The Labute approximate surface area is 157 Å². The molecule has 1 aromatic heterocycles. The maximum atomic E-state index is 12.4. The van der Waals surface area contributed by atoms with Gasteiger partial charge >= 0.3 is 0 Å². The topological polar surface area (TPSA) is 64.1 Å². The predicted octanol–water partition coefficient (Wildman–Crippen LogP) is 3.48. The molecule has 1 unspecified atom stereocenters. The van der Waals surface area contributed by atoms with E-state index in [1.807, 2.05) is 55.5 Å². The number of carbonyl (C=O) groups is 1. The first-order valence-electron chi connectivity index (χ1n) is 8.44. The molecule has 1 amide bonds. The van der Waals surface area contributed by atoms with E-state index in [9.17, 15) is 4.79 Å². The zero-order chi connectivity index (χ0) is 18.4. The summed E-state index contributed by atoms with van der Waals surface area (Å²) in [5, 5.41) is 4.56. The van der Waals surface area contributed by atoms with Gasteiger partial charge in [0.05, 0.1) is 17.9 Å². The van der Waals surface area contributed by atoms with E-state index >= 15 is 0 Å². The van der Waals surface area contributed by atoms with Crippen molar-refractivity contribution < 1.29 is 9.53 Å². The summed E-state index contributed by atoms with van der Waals surface area (Å²) in [5.41, 5.74) is 2.05. The van der Waals surface area contributed by atoms with E-state index in [-0.39, 0.29) is 11.2 Å². The minimum atomic E-state index is -0.232. The molecule has 1 heterocycles. The third-order valence-electron chi connectivity index (χ3n) is 4.04. The van der Waals surface area contributed by atoms with Gasteiger partial charge in [-0.3, -0.25) is 4.79 Å². The van der Waals surface area contributed by atoms with Crippen molar-refractivity contribution in [3.8, 4) is 5.75 Å². The molecule has 2 aromatic carbocycles. The molecule has 0 fully saturated rings. The number of nitrogens with one attached hydrogen (secondary N) is 1. The molecule has 0 aliphatic rings.